The molecule has 0 saturated heterocycles. The first-order valence-electron chi connectivity index (χ1n) is 5.18. The first kappa shape index (κ1) is 9.79. The molecule has 0 amide bonds. The fraction of sp³-hybridized carbons (Fsp3) is 0.818. The third kappa shape index (κ3) is 2.63. The van der Waals surface area contributed by atoms with Crippen molar-refractivity contribution < 1.29 is 5.11 Å². The van der Waals surface area contributed by atoms with Crippen LogP contribution >= 0.6 is 0 Å². The summed E-state index contributed by atoms with van der Waals surface area (Å²) in [6.45, 7) is 2.59. The van der Waals surface area contributed by atoms with E-state index in [1.807, 2.05) is 0 Å². The van der Waals surface area contributed by atoms with Crippen molar-refractivity contribution >= 4 is 0 Å². The standard InChI is InChI=1S/C11H20O/c1-2-10-6-3-4-7-11(10)8-5-9-12/h6,11-12H,2-5,7-9H2,1H3/t11-/m1/s1. The van der Waals surface area contributed by atoms with Gasteiger partial charge in [0.1, 0.15) is 0 Å². The van der Waals surface area contributed by atoms with Crippen LogP contribution in [-0.2, 0) is 0 Å². The third-order valence-electron chi connectivity index (χ3n) is 2.81. The highest BCUT2D eigenvalue weighted by Crippen LogP contribution is 2.30. The van der Waals surface area contributed by atoms with Crippen LogP contribution < -0.4 is 0 Å². The minimum Gasteiger partial charge on any atom is -0.396 e. The van der Waals surface area contributed by atoms with Crippen molar-refractivity contribution in [3.05, 3.63) is 11.6 Å². The Morgan fingerprint density at radius 1 is 1.58 bits per heavy atom. The summed E-state index contributed by atoms with van der Waals surface area (Å²) in [5, 5.41) is 8.74. The SMILES string of the molecule is CCC1=CCCC[C@@H]1CCCO. The van der Waals surface area contributed by atoms with Crippen LogP contribution in [0.15, 0.2) is 11.6 Å². The maximum absolute atomic E-state index is 8.74. The second kappa shape index (κ2) is 5.36. The van der Waals surface area contributed by atoms with Crippen molar-refractivity contribution in [2.24, 2.45) is 5.92 Å². The van der Waals surface area contributed by atoms with E-state index in [2.05, 4.69) is 13.0 Å². The van der Waals surface area contributed by atoms with Gasteiger partial charge in [0.2, 0.25) is 0 Å². The summed E-state index contributed by atoms with van der Waals surface area (Å²) in [6, 6.07) is 0. The zero-order chi connectivity index (χ0) is 8.81. The molecule has 0 aromatic heterocycles. The van der Waals surface area contributed by atoms with Gasteiger partial charge in [-0.1, -0.05) is 18.6 Å². The first-order valence-corrected chi connectivity index (χ1v) is 5.18. The molecule has 1 rings (SSSR count). The molecule has 1 heteroatoms. The Labute approximate surface area is 75.5 Å². The molecule has 0 radical (unpaired) electrons. The molecule has 1 nitrogen and oxygen atoms in total. The molecule has 0 fully saturated rings. The van der Waals surface area contributed by atoms with E-state index in [4.69, 9.17) is 5.11 Å². The van der Waals surface area contributed by atoms with Crippen molar-refractivity contribution in [2.45, 2.75) is 45.4 Å². The number of aliphatic hydroxyl groups excluding tert-OH is 1. The number of hydrogen-bond acceptors (Lipinski definition) is 1. The monoisotopic (exact) mass is 168 g/mol. The van der Waals surface area contributed by atoms with E-state index in [-0.39, 0.29) is 0 Å². The molecule has 0 bridgehead atoms. The molecule has 70 valence electrons. The van der Waals surface area contributed by atoms with Crippen molar-refractivity contribution in [1.29, 1.82) is 0 Å². The van der Waals surface area contributed by atoms with Gasteiger partial charge in [0.25, 0.3) is 0 Å². The summed E-state index contributed by atoms with van der Waals surface area (Å²) in [5.74, 6) is 0.788. The maximum atomic E-state index is 8.74. The third-order valence-corrected chi connectivity index (χ3v) is 2.81. The molecular formula is C11H20O. The van der Waals surface area contributed by atoms with Crippen LogP contribution in [0.25, 0.3) is 0 Å². The van der Waals surface area contributed by atoms with Crippen molar-refractivity contribution in [3.63, 3.8) is 0 Å². The summed E-state index contributed by atoms with van der Waals surface area (Å²) >= 11 is 0. The highest BCUT2D eigenvalue weighted by atomic mass is 16.2. The Hall–Kier alpha value is -0.300. The Morgan fingerprint density at radius 2 is 2.42 bits per heavy atom. The van der Waals surface area contributed by atoms with Crippen LogP contribution in [0.2, 0.25) is 0 Å². The van der Waals surface area contributed by atoms with Gasteiger partial charge in [-0.05, 0) is 44.4 Å². The van der Waals surface area contributed by atoms with Crippen molar-refractivity contribution in [2.75, 3.05) is 6.61 Å². The molecule has 1 aliphatic carbocycles. The van der Waals surface area contributed by atoms with Gasteiger partial charge < -0.3 is 5.11 Å². The minimum absolute atomic E-state index is 0.355. The number of aliphatic hydroxyl groups is 1. The Bertz CT molecular complexity index is 149. The van der Waals surface area contributed by atoms with Crippen LogP contribution in [0.4, 0.5) is 0 Å². The highest BCUT2D eigenvalue weighted by Gasteiger charge is 2.15. The van der Waals surface area contributed by atoms with Crippen molar-refractivity contribution in [3.8, 4) is 0 Å². The summed E-state index contributed by atoms with van der Waals surface area (Å²) < 4.78 is 0. The largest absolute Gasteiger partial charge is 0.396 e. The van der Waals surface area contributed by atoms with E-state index in [0.29, 0.717) is 6.61 Å². The molecular weight excluding hydrogens is 148 g/mol. The van der Waals surface area contributed by atoms with Crippen molar-refractivity contribution in [1.82, 2.24) is 0 Å². The van der Waals surface area contributed by atoms with Crippen LogP contribution in [0.1, 0.15) is 45.4 Å². The van der Waals surface area contributed by atoms with Crippen LogP contribution in [0.3, 0.4) is 0 Å². The smallest absolute Gasteiger partial charge is 0.0431 e. The fourth-order valence-corrected chi connectivity index (χ4v) is 2.10. The van der Waals surface area contributed by atoms with Gasteiger partial charge in [0.15, 0.2) is 0 Å². The fourth-order valence-electron chi connectivity index (χ4n) is 2.10. The normalized spacial score (nSPS) is 23.8. The lowest BCUT2D eigenvalue weighted by Gasteiger charge is -2.23. The minimum atomic E-state index is 0.355. The average Bonchev–Trinajstić information content (AvgIpc) is 2.15. The molecule has 0 aromatic carbocycles. The van der Waals surface area contributed by atoms with E-state index < -0.39 is 0 Å². The molecule has 1 aliphatic rings. The molecule has 1 N–H and O–H groups in total. The van der Waals surface area contributed by atoms with Crippen LogP contribution in [-0.4, -0.2) is 11.7 Å². The van der Waals surface area contributed by atoms with Gasteiger partial charge in [-0.25, -0.2) is 0 Å². The van der Waals surface area contributed by atoms with Gasteiger partial charge in [0, 0.05) is 6.61 Å². The maximum Gasteiger partial charge on any atom is 0.0431 e. The van der Waals surface area contributed by atoms with E-state index in [1.54, 1.807) is 5.57 Å². The second-order valence-corrected chi connectivity index (χ2v) is 3.63. The topological polar surface area (TPSA) is 20.2 Å². The quantitative estimate of drug-likeness (QED) is 0.640. The molecule has 12 heavy (non-hydrogen) atoms. The Kier molecular flexibility index (Phi) is 4.37. The number of hydrogen-bond donors (Lipinski definition) is 1. The molecule has 0 aromatic rings. The predicted octanol–water partition coefficient (Wildman–Crippen LogP) is 2.90. The summed E-state index contributed by atoms with van der Waals surface area (Å²) in [5.41, 5.74) is 1.63. The van der Waals surface area contributed by atoms with Gasteiger partial charge in [-0.15, -0.1) is 0 Å². The summed E-state index contributed by atoms with van der Waals surface area (Å²) in [4.78, 5) is 0. The Morgan fingerprint density at radius 3 is 3.08 bits per heavy atom. The lowest BCUT2D eigenvalue weighted by atomic mass is 9.83. The average molecular weight is 168 g/mol. The molecule has 0 aliphatic heterocycles. The van der Waals surface area contributed by atoms with E-state index in [9.17, 15) is 0 Å². The van der Waals surface area contributed by atoms with Gasteiger partial charge >= 0.3 is 0 Å². The van der Waals surface area contributed by atoms with E-state index in [1.165, 1.54) is 32.1 Å². The first-order chi connectivity index (χ1) is 5.88. The zero-order valence-corrected chi connectivity index (χ0v) is 8.05. The molecule has 0 unspecified atom stereocenters. The Balaban J connectivity index is 2.38. The molecule has 0 heterocycles. The lowest BCUT2D eigenvalue weighted by Crippen LogP contribution is -2.08. The van der Waals surface area contributed by atoms with Gasteiger partial charge in [-0.3, -0.25) is 0 Å². The predicted molar refractivity (Wildman–Crippen MR) is 52.0 cm³/mol. The second-order valence-electron chi connectivity index (χ2n) is 3.63. The molecule has 0 saturated carbocycles. The summed E-state index contributed by atoms with van der Waals surface area (Å²) in [6.07, 6.45) is 9.75. The molecule has 0 spiro atoms. The van der Waals surface area contributed by atoms with E-state index in [0.717, 1.165) is 12.3 Å². The van der Waals surface area contributed by atoms with Gasteiger partial charge in [0.05, 0.1) is 0 Å². The van der Waals surface area contributed by atoms with Crippen LogP contribution in [0.5, 0.6) is 0 Å². The zero-order valence-electron chi connectivity index (χ0n) is 8.05. The summed E-state index contributed by atoms with van der Waals surface area (Å²) in [7, 11) is 0. The molecule has 1 atom stereocenters. The van der Waals surface area contributed by atoms with Crippen LogP contribution in [0, 0.1) is 5.92 Å². The van der Waals surface area contributed by atoms with Gasteiger partial charge in [-0.2, -0.15) is 0 Å². The number of allylic oxidation sites excluding steroid dienone is 2. The lowest BCUT2D eigenvalue weighted by molar-refractivity contribution is 0.271. The number of rotatable bonds is 4. The van der Waals surface area contributed by atoms with E-state index >= 15 is 0 Å². The highest BCUT2D eigenvalue weighted by molar-refractivity contribution is 5.09.